The van der Waals surface area contributed by atoms with Crippen molar-refractivity contribution in [2.24, 2.45) is 0 Å². The third-order valence-corrected chi connectivity index (χ3v) is 7.51. The van der Waals surface area contributed by atoms with Gasteiger partial charge in [-0.15, -0.1) is 0 Å². The summed E-state index contributed by atoms with van der Waals surface area (Å²) in [6, 6.07) is 0. The van der Waals surface area contributed by atoms with Crippen molar-refractivity contribution in [3.63, 3.8) is 0 Å². The molecule has 0 fully saturated rings. The SMILES string of the molecule is CCC/C=C\C/C=C\CCCCCCCC(=O)OC(CO)COCCCCCCCCCCCCCCCCC. The minimum absolute atomic E-state index is 0.174. The molecule has 4 nitrogen and oxygen atoms in total. The zero-order valence-electron chi connectivity index (χ0n) is 26.9. The zero-order valence-corrected chi connectivity index (χ0v) is 26.9. The van der Waals surface area contributed by atoms with Crippen LogP contribution < -0.4 is 0 Å². The van der Waals surface area contributed by atoms with E-state index >= 15 is 0 Å². The Kier molecular flexibility index (Phi) is 33.1. The van der Waals surface area contributed by atoms with Gasteiger partial charge in [0.2, 0.25) is 0 Å². The molecular formula is C36H68O4. The maximum absolute atomic E-state index is 12.1. The number of unbranched alkanes of at least 4 members (excludes halogenated alkanes) is 20. The molecule has 0 aromatic rings. The van der Waals surface area contributed by atoms with Gasteiger partial charge in [0.15, 0.2) is 0 Å². The van der Waals surface area contributed by atoms with Crippen molar-refractivity contribution in [1.82, 2.24) is 0 Å². The second kappa shape index (κ2) is 34.1. The summed E-state index contributed by atoms with van der Waals surface area (Å²) in [4.78, 5) is 12.1. The molecule has 0 saturated heterocycles. The predicted octanol–water partition coefficient (Wildman–Crippen LogP) is 10.8. The standard InChI is InChI=1S/C36H68O4/c1-3-5-7-9-11-13-15-17-18-20-22-24-26-28-30-32-39-34-35(33-37)40-36(38)31-29-27-25-23-21-19-16-14-12-10-8-6-4-2/h8,10,14,16,35,37H,3-7,9,11-13,15,17-34H2,1-2H3/b10-8-,16-14-. The summed E-state index contributed by atoms with van der Waals surface area (Å²) < 4.78 is 11.1. The average molecular weight is 565 g/mol. The fourth-order valence-electron chi connectivity index (χ4n) is 4.89. The fourth-order valence-corrected chi connectivity index (χ4v) is 4.89. The van der Waals surface area contributed by atoms with Crippen LogP contribution in [0.5, 0.6) is 0 Å². The molecule has 40 heavy (non-hydrogen) atoms. The maximum atomic E-state index is 12.1. The van der Waals surface area contributed by atoms with Gasteiger partial charge in [-0.25, -0.2) is 0 Å². The molecule has 0 aliphatic rings. The highest BCUT2D eigenvalue weighted by Crippen LogP contribution is 2.14. The maximum Gasteiger partial charge on any atom is 0.306 e. The van der Waals surface area contributed by atoms with Crippen LogP contribution in [0.25, 0.3) is 0 Å². The van der Waals surface area contributed by atoms with Gasteiger partial charge in [-0.3, -0.25) is 4.79 Å². The van der Waals surface area contributed by atoms with Gasteiger partial charge in [-0.2, -0.15) is 0 Å². The number of aliphatic hydroxyl groups is 1. The van der Waals surface area contributed by atoms with E-state index in [0.29, 0.717) is 19.6 Å². The van der Waals surface area contributed by atoms with Crippen LogP contribution in [0.2, 0.25) is 0 Å². The Hall–Kier alpha value is -1.13. The molecule has 0 aliphatic carbocycles. The van der Waals surface area contributed by atoms with Crippen molar-refractivity contribution in [2.45, 2.75) is 180 Å². The van der Waals surface area contributed by atoms with E-state index in [2.05, 4.69) is 38.2 Å². The first-order valence-corrected chi connectivity index (χ1v) is 17.4. The topological polar surface area (TPSA) is 55.8 Å². The Balaban J connectivity index is 3.44. The Morgan fingerprint density at radius 2 is 1.10 bits per heavy atom. The van der Waals surface area contributed by atoms with Gasteiger partial charge in [0.25, 0.3) is 0 Å². The summed E-state index contributed by atoms with van der Waals surface area (Å²) in [7, 11) is 0. The molecule has 0 heterocycles. The monoisotopic (exact) mass is 565 g/mol. The first-order valence-electron chi connectivity index (χ1n) is 17.4. The van der Waals surface area contributed by atoms with Gasteiger partial charge in [-0.1, -0.05) is 154 Å². The molecule has 0 rings (SSSR count). The van der Waals surface area contributed by atoms with Crippen LogP contribution in [0.4, 0.5) is 0 Å². The number of ether oxygens (including phenoxy) is 2. The van der Waals surface area contributed by atoms with Crippen LogP contribution in [0.1, 0.15) is 174 Å². The molecule has 1 unspecified atom stereocenters. The van der Waals surface area contributed by atoms with Crippen LogP contribution in [0, 0.1) is 0 Å². The van der Waals surface area contributed by atoms with Gasteiger partial charge < -0.3 is 14.6 Å². The largest absolute Gasteiger partial charge is 0.457 e. The number of hydrogen-bond acceptors (Lipinski definition) is 4. The number of carbonyl (C=O) groups excluding carboxylic acids is 1. The molecule has 1 N–H and O–H groups in total. The van der Waals surface area contributed by atoms with Crippen molar-refractivity contribution in [3.8, 4) is 0 Å². The first kappa shape index (κ1) is 38.9. The Morgan fingerprint density at radius 3 is 1.65 bits per heavy atom. The summed E-state index contributed by atoms with van der Waals surface area (Å²) in [6.07, 6.45) is 39.2. The lowest BCUT2D eigenvalue weighted by molar-refractivity contribution is -0.154. The molecule has 1 atom stereocenters. The van der Waals surface area contributed by atoms with Crippen LogP contribution >= 0.6 is 0 Å². The summed E-state index contributed by atoms with van der Waals surface area (Å²) in [5.41, 5.74) is 0. The second-order valence-electron chi connectivity index (χ2n) is 11.6. The van der Waals surface area contributed by atoms with E-state index in [1.165, 1.54) is 116 Å². The Bertz CT molecular complexity index is 557. The number of rotatable bonds is 32. The lowest BCUT2D eigenvalue weighted by Crippen LogP contribution is -2.27. The van der Waals surface area contributed by atoms with E-state index in [1.807, 2.05) is 0 Å². The number of aliphatic hydroxyl groups excluding tert-OH is 1. The van der Waals surface area contributed by atoms with Crippen LogP contribution in [-0.2, 0) is 14.3 Å². The number of allylic oxidation sites excluding steroid dienone is 4. The molecule has 0 aromatic carbocycles. The van der Waals surface area contributed by atoms with E-state index in [0.717, 1.165) is 38.5 Å². The van der Waals surface area contributed by atoms with Crippen molar-refractivity contribution in [2.75, 3.05) is 19.8 Å². The first-order chi connectivity index (χ1) is 19.7. The Morgan fingerprint density at radius 1 is 0.600 bits per heavy atom. The highest BCUT2D eigenvalue weighted by molar-refractivity contribution is 5.69. The third kappa shape index (κ3) is 31.4. The molecule has 0 radical (unpaired) electrons. The molecule has 4 heteroatoms. The summed E-state index contributed by atoms with van der Waals surface area (Å²) >= 11 is 0. The van der Waals surface area contributed by atoms with Crippen molar-refractivity contribution >= 4 is 5.97 Å². The second-order valence-corrected chi connectivity index (χ2v) is 11.6. The molecule has 0 amide bonds. The van der Waals surface area contributed by atoms with Crippen LogP contribution in [0.15, 0.2) is 24.3 Å². The van der Waals surface area contributed by atoms with Gasteiger partial charge >= 0.3 is 5.97 Å². The highest BCUT2D eigenvalue weighted by Gasteiger charge is 2.13. The lowest BCUT2D eigenvalue weighted by Gasteiger charge is -2.15. The minimum atomic E-state index is -0.535. The summed E-state index contributed by atoms with van der Waals surface area (Å²) in [5.74, 6) is -0.214. The van der Waals surface area contributed by atoms with Crippen LogP contribution in [-0.4, -0.2) is 37.0 Å². The normalized spacial score (nSPS) is 12.6. The number of carbonyl (C=O) groups is 1. The molecule has 0 saturated carbocycles. The number of esters is 1. The van der Waals surface area contributed by atoms with Gasteiger partial charge in [0, 0.05) is 13.0 Å². The highest BCUT2D eigenvalue weighted by atomic mass is 16.6. The van der Waals surface area contributed by atoms with Crippen molar-refractivity contribution in [3.05, 3.63) is 24.3 Å². The average Bonchev–Trinajstić information content (AvgIpc) is 2.96. The number of hydrogen-bond donors (Lipinski definition) is 1. The molecule has 236 valence electrons. The molecule has 0 bridgehead atoms. The van der Waals surface area contributed by atoms with E-state index in [1.54, 1.807) is 0 Å². The smallest absolute Gasteiger partial charge is 0.306 e. The predicted molar refractivity (Wildman–Crippen MR) is 173 cm³/mol. The van der Waals surface area contributed by atoms with Crippen molar-refractivity contribution < 1.29 is 19.4 Å². The summed E-state index contributed by atoms with van der Waals surface area (Å²) in [5, 5.41) is 9.53. The molecule has 0 aromatic heterocycles. The molecular weight excluding hydrogens is 496 g/mol. The molecule has 0 aliphatic heterocycles. The zero-order chi connectivity index (χ0) is 29.2. The van der Waals surface area contributed by atoms with E-state index in [9.17, 15) is 9.90 Å². The van der Waals surface area contributed by atoms with Gasteiger partial charge in [0.05, 0.1) is 13.2 Å². The fraction of sp³-hybridized carbons (Fsp3) is 0.861. The molecule has 0 spiro atoms. The van der Waals surface area contributed by atoms with E-state index < -0.39 is 6.10 Å². The van der Waals surface area contributed by atoms with E-state index in [-0.39, 0.29) is 12.6 Å². The lowest BCUT2D eigenvalue weighted by atomic mass is 10.0. The van der Waals surface area contributed by atoms with Gasteiger partial charge in [-0.05, 0) is 38.5 Å². The van der Waals surface area contributed by atoms with E-state index in [4.69, 9.17) is 9.47 Å². The van der Waals surface area contributed by atoms with Gasteiger partial charge in [0.1, 0.15) is 6.10 Å². The quantitative estimate of drug-likeness (QED) is 0.0501. The Labute approximate surface area is 249 Å². The minimum Gasteiger partial charge on any atom is -0.457 e. The van der Waals surface area contributed by atoms with Crippen LogP contribution in [0.3, 0.4) is 0 Å². The van der Waals surface area contributed by atoms with Crippen molar-refractivity contribution in [1.29, 1.82) is 0 Å². The summed E-state index contributed by atoms with van der Waals surface area (Å²) in [6.45, 7) is 5.28. The third-order valence-electron chi connectivity index (χ3n) is 7.51.